The minimum Gasteiger partial charge on any atom is -0.434 e. The monoisotopic (exact) mass is 285 g/mol. The summed E-state index contributed by atoms with van der Waals surface area (Å²) >= 11 is 0. The predicted molar refractivity (Wildman–Crippen MR) is 72.9 cm³/mol. The van der Waals surface area contributed by atoms with Gasteiger partial charge in [-0.2, -0.15) is 8.78 Å². The quantitative estimate of drug-likeness (QED) is 0.670. The number of halogens is 2. The average Bonchev–Trinajstić information content (AvgIpc) is 3.23. The summed E-state index contributed by atoms with van der Waals surface area (Å²) in [4.78, 5) is 0. The van der Waals surface area contributed by atoms with Crippen molar-refractivity contribution in [3.63, 3.8) is 0 Å². The third-order valence-corrected chi connectivity index (χ3v) is 3.20. The highest BCUT2D eigenvalue weighted by Crippen LogP contribution is 2.28. The van der Waals surface area contributed by atoms with Gasteiger partial charge in [0.1, 0.15) is 5.75 Å². The normalized spacial score (nSPS) is 14.8. The maximum Gasteiger partial charge on any atom is 0.387 e. The van der Waals surface area contributed by atoms with Gasteiger partial charge in [-0.15, -0.1) is 0 Å². The van der Waals surface area contributed by atoms with Gasteiger partial charge in [-0.25, -0.2) is 0 Å². The summed E-state index contributed by atoms with van der Waals surface area (Å²) in [6.07, 6.45) is 3.53. The van der Waals surface area contributed by atoms with E-state index in [-0.39, 0.29) is 5.75 Å². The number of para-hydroxylation sites is 1. The topological polar surface area (TPSA) is 30.5 Å². The van der Waals surface area contributed by atoms with Crippen LogP contribution in [0.3, 0.4) is 0 Å². The third kappa shape index (κ3) is 5.84. The number of nitrogens with one attached hydrogen (secondary N) is 1. The largest absolute Gasteiger partial charge is 0.434 e. The summed E-state index contributed by atoms with van der Waals surface area (Å²) in [5, 5.41) is 3.21. The van der Waals surface area contributed by atoms with E-state index in [1.807, 2.05) is 6.07 Å². The molecule has 0 bridgehead atoms. The van der Waals surface area contributed by atoms with Crippen LogP contribution in [0.15, 0.2) is 24.3 Å². The highest BCUT2D eigenvalue weighted by Gasteiger charge is 2.20. The molecule has 0 atom stereocenters. The van der Waals surface area contributed by atoms with Crippen LogP contribution in [0.25, 0.3) is 0 Å². The van der Waals surface area contributed by atoms with E-state index in [0.717, 1.165) is 37.7 Å². The van der Waals surface area contributed by atoms with Crippen molar-refractivity contribution in [3.8, 4) is 5.75 Å². The maximum atomic E-state index is 12.2. The molecular weight excluding hydrogens is 264 g/mol. The average molecular weight is 285 g/mol. The molecule has 0 saturated heterocycles. The van der Waals surface area contributed by atoms with Crippen LogP contribution in [-0.4, -0.2) is 26.4 Å². The molecule has 1 saturated carbocycles. The molecule has 112 valence electrons. The van der Waals surface area contributed by atoms with Crippen LogP contribution < -0.4 is 10.1 Å². The maximum absolute atomic E-state index is 12.2. The van der Waals surface area contributed by atoms with Gasteiger partial charge >= 0.3 is 6.61 Å². The third-order valence-electron chi connectivity index (χ3n) is 3.20. The predicted octanol–water partition coefficient (Wildman–Crippen LogP) is 3.19. The fourth-order valence-corrected chi connectivity index (χ4v) is 1.92. The van der Waals surface area contributed by atoms with Gasteiger partial charge < -0.3 is 14.8 Å². The van der Waals surface area contributed by atoms with Crippen molar-refractivity contribution in [3.05, 3.63) is 29.8 Å². The Bertz CT molecular complexity index is 397. The highest BCUT2D eigenvalue weighted by molar-refractivity contribution is 5.33. The summed E-state index contributed by atoms with van der Waals surface area (Å²) in [6.45, 7) is 0.162. The molecule has 0 unspecified atom stereocenters. The van der Waals surface area contributed by atoms with E-state index in [1.165, 1.54) is 12.8 Å². The number of hydrogen-bond donors (Lipinski definition) is 1. The first-order chi connectivity index (χ1) is 9.75. The zero-order valence-electron chi connectivity index (χ0n) is 11.5. The molecule has 3 nitrogen and oxygen atoms in total. The fraction of sp³-hybridized carbons (Fsp3) is 0.600. The lowest BCUT2D eigenvalue weighted by atomic mass is 10.2. The SMILES string of the molecule is FC(F)Oc1ccccc1CNCCCOCC1CC1. The Kier molecular flexibility index (Phi) is 6.21. The Labute approximate surface area is 118 Å². The van der Waals surface area contributed by atoms with Crippen LogP contribution in [0.5, 0.6) is 5.75 Å². The molecule has 0 heterocycles. The molecule has 0 aliphatic heterocycles. The minimum absolute atomic E-state index is 0.236. The molecule has 1 fully saturated rings. The first kappa shape index (κ1) is 15.2. The molecule has 0 aromatic heterocycles. The number of ether oxygens (including phenoxy) is 2. The van der Waals surface area contributed by atoms with E-state index in [1.54, 1.807) is 18.2 Å². The van der Waals surface area contributed by atoms with Crippen molar-refractivity contribution in [1.82, 2.24) is 5.32 Å². The molecule has 0 spiro atoms. The van der Waals surface area contributed by atoms with Gasteiger partial charge in [0.05, 0.1) is 0 Å². The minimum atomic E-state index is -2.79. The summed E-state index contributed by atoms with van der Waals surface area (Å²) in [7, 11) is 0. The lowest BCUT2D eigenvalue weighted by molar-refractivity contribution is -0.0504. The van der Waals surface area contributed by atoms with Crippen molar-refractivity contribution in [2.24, 2.45) is 5.92 Å². The second-order valence-corrected chi connectivity index (χ2v) is 5.03. The molecule has 0 amide bonds. The lowest BCUT2D eigenvalue weighted by Gasteiger charge is -2.11. The van der Waals surface area contributed by atoms with E-state index < -0.39 is 6.61 Å². The van der Waals surface area contributed by atoms with Crippen LogP contribution >= 0.6 is 0 Å². The van der Waals surface area contributed by atoms with Gasteiger partial charge in [0.2, 0.25) is 0 Å². The Hall–Kier alpha value is -1.20. The second kappa shape index (κ2) is 8.17. The Morgan fingerprint density at radius 1 is 1.25 bits per heavy atom. The summed E-state index contributed by atoms with van der Waals surface area (Å²) < 4.78 is 34.5. The van der Waals surface area contributed by atoms with Gasteiger partial charge in [-0.3, -0.25) is 0 Å². The first-order valence-electron chi connectivity index (χ1n) is 7.07. The zero-order chi connectivity index (χ0) is 14.2. The smallest absolute Gasteiger partial charge is 0.387 e. The molecule has 5 heteroatoms. The second-order valence-electron chi connectivity index (χ2n) is 5.03. The Morgan fingerprint density at radius 3 is 2.80 bits per heavy atom. The van der Waals surface area contributed by atoms with Crippen molar-refractivity contribution in [2.45, 2.75) is 32.4 Å². The van der Waals surface area contributed by atoms with E-state index >= 15 is 0 Å². The number of rotatable bonds is 10. The fourth-order valence-electron chi connectivity index (χ4n) is 1.92. The van der Waals surface area contributed by atoms with Crippen molar-refractivity contribution >= 4 is 0 Å². The molecule has 1 aromatic rings. The Balaban J connectivity index is 1.60. The van der Waals surface area contributed by atoms with Gasteiger partial charge in [0.25, 0.3) is 0 Å². The van der Waals surface area contributed by atoms with Crippen LogP contribution in [-0.2, 0) is 11.3 Å². The molecule has 2 rings (SSSR count). The van der Waals surface area contributed by atoms with Crippen LogP contribution in [0, 0.1) is 5.92 Å². The summed E-state index contributed by atoms with van der Waals surface area (Å²) in [5.41, 5.74) is 0.742. The van der Waals surface area contributed by atoms with Gasteiger partial charge in [-0.1, -0.05) is 18.2 Å². The molecule has 1 N–H and O–H groups in total. The van der Waals surface area contributed by atoms with Crippen molar-refractivity contribution in [1.29, 1.82) is 0 Å². The van der Waals surface area contributed by atoms with E-state index in [0.29, 0.717) is 6.54 Å². The zero-order valence-corrected chi connectivity index (χ0v) is 11.5. The van der Waals surface area contributed by atoms with Gasteiger partial charge in [0, 0.05) is 25.3 Å². The molecule has 1 aromatic carbocycles. The molecule has 0 radical (unpaired) electrons. The van der Waals surface area contributed by atoms with Gasteiger partial charge in [-0.05, 0) is 37.8 Å². The van der Waals surface area contributed by atoms with E-state index in [2.05, 4.69) is 10.1 Å². The molecule has 20 heavy (non-hydrogen) atoms. The highest BCUT2D eigenvalue weighted by atomic mass is 19.3. The number of alkyl halides is 2. The van der Waals surface area contributed by atoms with Crippen LogP contribution in [0.2, 0.25) is 0 Å². The number of benzene rings is 1. The molecule has 1 aliphatic carbocycles. The van der Waals surface area contributed by atoms with E-state index in [9.17, 15) is 8.78 Å². The van der Waals surface area contributed by atoms with Gasteiger partial charge in [0.15, 0.2) is 0 Å². The van der Waals surface area contributed by atoms with Crippen molar-refractivity contribution < 1.29 is 18.3 Å². The first-order valence-corrected chi connectivity index (χ1v) is 7.07. The summed E-state index contributed by atoms with van der Waals surface area (Å²) in [5.74, 6) is 1.03. The number of hydrogen-bond acceptors (Lipinski definition) is 3. The van der Waals surface area contributed by atoms with E-state index in [4.69, 9.17) is 4.74 Å². The Morgan fingerprint density at radius 2 is 2.05 bits per heavy atom. The standard InChI is InChI=1S/C15H21F2NO2/c16-15(17)20-14-5-2-1-4-13(14)10-18-8-3-9-19-11-12-6-7-12/h1-2,4-5,12,15,18H,3,6-11H2. The van der Waals surface area contributed by atoms with Crippen LogP contribution in [0.4, 0.5) is 8.78 Å². The molecular formula is C15H21F2NO2. The lowest BCUT2D eigenvalue weighted by Crippen LogP contribution is -2.17. The summed E-state index contributed by atoms with van der Waals surface area (Å²) in [6, 6.07) is 6.84. The van der Waals surface area contributed by atoms with Crippen LogP contribution in [0.1, 0.15) is 24.8 Å². The van der Waals surface area contributed by atoms with Crippen molar-refractivity contribution in [2.75, 3.05) is 19.8 Å². The molecule has 1 aliphatic rings.